The first kappa shape index (κ1) is 15.6. The van der Waals surface area contributed by atoms with Gasteiger partial charge in [-0.15, -0.1) is 0 Å². The monoisotopic (exact) mass is 286 g/mol. The molecule has 0 aliphatic rings. The van der Waals surface area contributed by atoms with E-state index in [4.69, 9.17) is 0 Å². The van der Waals surface area contributed by atoms with E-state index in [9.17, 15) is 18.5 Å². The summed E-state index contributed by atoms with van der Waals surface area (Å²) in [5, 5.41) is 10.5. The Kier molecular flexibility index (Phi) is 5.91. The maximum atomic E-state index is 11.7. The molecule has 0 aliphatic heterocycles. The summed E-state index contributed by atoms with van der Waals surface area (Å²) in [5.74, 6) is -0.156. The fraction of sp³-hybridized carbons (Fsp3) is 0.500. The lowest BCUT2D eigenvalue weighted by Crippen LogP contribution is -2.26. The highest BCUT2D eigenvalue weighted by Crippen LogP contribution is 2.13. The van der Waals surface area contributed by atoms with Crippen LogP contribution in [0.15, 0.2) is 24.3 Å². The second kappa shape index (κ2) is 7.20. The molecule has 0 amide bonds. The molecule has 0 bridgehead atoms. The van der Waals surface area contributed by atoms with E-state index in [-0.39, 0.29) is 11.4 Å². The van der Waals surface area contributed by atoms with Gasteiger partial charge < -0.3 is 0 Å². The molecule has 0 unspecified atom stereocenters. The molecule has 0 saturated carbocycles. The average Bonchev–Trinajstić information content (AvgIpc) is 2.35. The molecule has 1 rings (SSSR count). The van der Waals surface area contributed by atoms with Crippen LogP contribution in [0.4, 0.5) is 5.69 Å². The first-order chi connectivity index (χ1) is 8.94. The summed E-state index contributed by atoms with van der Waals surface area (Å²) < 4.78 is 26.0. The lowest BCUT2D eigenvalue weighted by atomic mass is 10.2. The predicted octanol–water partition coefficient (Wildman–Crippen LogP) is 2.20. The van der Waals surface area contributed by atoms with Crippen molar-refractivity contribution >= 4 is 15.7 Å². The summed E-state index contributed by atoms with van der Waals surface area (Å²) in [4.78, 5) is 9.96. The Balaban J connectivity index is 2.55. The van der Waals surface area contributed by atoms with Crippen molar-refractivity contribution < 1.29 is 13.3 Å². The van der Waals surface area contributed by atoms with Crippen LogP contribution in [0.3, 0.4) is 0 Å². The normalized spacial score (nSPS) is 11.4. The van der Waals surface area contributed by atoms with E-state index in [1.807, 2.05) is 6.92 Å². The summed E-state index contributed by atoms with van der Waals surface area (Å²) in [5.41, 5.74) is 0.491. The topological polar surface area (TPSA) is 89.3 Å². The van der Waals surface area contributed by atoms with E-state index >= 15 is 0 Å². The smallest absolute Gasteiger partial charge is 0.258 e. The largest absolute Gasteiger partial charge is 0.269 e. The fourth-order valence-corrected chi connectivity index (χ4v) is 2.78. The second-order valence-electron chi connectivity index (χ2n) is 4.28. The molecule has 0 atom stereocenters. The quantitative estimate of drug-likeness (QED) is 0.450. The summed E-state index contributed by atoms with van der Waals surface area (Å²) in [6.07, 6.45) is 2.83. The number of non-ortho nitro benzene ring substituents is 1. The zero-order valence-electron chi connectivity index (χ0n) is 10.8. The zero-order valence-corrected chi connectivity index (χ0v) is 11.6. The third-order valence-electron chi connectivity index (χ3n) is 2.61. The van der Waals surface area contributed by atoms with Gasteiger partial charge in [-0.1, -0.05) is 31.9 Å². The lowest BCUT2D eigenvalue weighted by molar-refractivity contribution is -0.384. The molecule has 0 spiro atoms. The molecule has 0 aliphatic carbocycles. The maximum absolute atomic E-state index is 11.7. The summed E-state index contributed by atoms with van der Waals surface area (Å²) >= 11 is 0. The van der Waals surface area contributed by atoms with Crippen LogP contribution in [0, 0.1) is 10.1 Å². The fourth-order valence-electron chi connectivity index (χ4n) is 1.59. The molecular formula is C12H18N2O4S. The molecule has 1 N–H and O–H groups in total. The minimum atomic E-state index is -3.37. The number of nitrogens with zero attached hydrogens (tertiary/aromatic N) is 1. The van der Waals surface area contributed by atoms with Crippen molar-refractivity contribution in [1.82, 2.24) is 4.72 Å². The Morgan fingerprint density at radius 1 is 1.21 bits per heavy atom. The van der Waals surface area contributed by atoms with Crippen LogP contribution in [-0.4, -0.2) is 19.9 Å². The van der Waals surface area contributed by atoms with Crippen LogP contribution >= 0.6 is 0 Å². The van der Waals surface area contributed by atoms with Gasteiger partial charge in [-0.05, 0) is 12.0 Å². The highest BCUT2D eigenvalue weighted by atomic mass is 32.2. The second-order valence-corrected chi connectivity index (χ2v) is 6.09. The van der Waals surface area contributed by atoms with Gasteiger partial charge in [0, 0.05) is 18.7 Å². The Labute approximate surface area is 113 Å². The van der Waals surface area contributed by atoms with Crippen LogP contribution < -0.4 is 4.72 Å². The van der Waals surface area contributed by atoms with E-state index in [1.54, 1.807) is 0 Å². The first-order valence-corrected chi connectivity index (χ1v) is 7.80. The lowest BCUT2D eigenvalue weighted by Gasteiger charge is -2.06. The van der Waals surface area contributed by atoms with Crippen molar-refractivity contribution in [2.24, 2.45) is 0 Å². The Morgan fingerprint density at radius 3 is 2.37 bits per heavy atom. The molecule has 106 valence electrons. The van der Waals surface area contributed by atoms with E-state index in [0.29, 0.717) is 12.1 Å². The van der Waals surface area contributed by atoms with Crippen LogP contribution in [0.1, 0.15) is 31.7 Å². The average molecular weight is 286 g/mol. The minimum absolute atomic E-state index is 0.0444. The predicted molar refractivity (Wildman–Crippen MR) is 73.2 cm³/mol. The van der Waals surface area contributed by atoms with Crippen molar-refractivity contribution in [3.8, 4) is 0 Å². The number of benzene rings is 1. The zero-order chi connectivity index (χ0) is 14.3. The number of unbranched alkanes of at least 4 members (excludes halogenated alkanes) is 2. The minimum Gasteiger partial charge on any atom is -0.258 e. The van der Waals surface area contributed by atoms with Crippen molar-refractivity contribution in [3.05, 3.63) is 39.9 Å². The van der Waals surface area contributed by atoms with Crippen molar-refractivity contribution in [3.63, 3.8) is 0 Å². The van der Waals surface area contributed by atoms with Gasteiger partial charge >= 0.3 is 0 Å². The van der Waals surface area contributed by atoms with Crippen LogP contribution in [0.25, 0.3) is 0 Å². The molecule has 1 aromatic carbocycles. The van der Waals surface area contributed by atoms with Crippen LogP contribution in [0.2, 0.25) is 0 Å². The third-order valence-corrected chi connectivity index (χ3v) is 3.96. The number of nitrogens with one attached hydrogen (secondary N) is 1. The van der Waals surface area contributed by atoms with E-state index in [2.05, 4.69) is 4.72 Å². The Hall–Kier alpha value is -1.47. The number of nitro groups is 1. The maximum Gasteiger partial charge on any atom is 0.269 e. The standard InChI is InChI=1S/C12H18N2O4S/c1-2-3-4-9-13-19(17,18)10-11-5-7-12(8-6-11)14(15)16/h5-8,13H,2-4,9-10H2,1H3. The van der Waals surface area contributed by atoms with Crippen molar-refractivity contribution in [1.29, 1.82) is 0 Å². The molecular weight excluding hydrogens is 268 g/mol. The molecule has 6 nitrogen and oxygen atoms in total. The van der Waals surface area contributed by atoms with Gasteiger partial charge in [0.25, 0.3) is 5.69 Å². The van der Waals surface area contributed by atoms with E-state index in [0.717, 1.165) is 19.3 Å². The van der Waals surface area contributed by atoms with Gasteiger partial charge in [-0.2, -0.15) is 0 Å². The van der Waals surface area contributed by atoms with Crippen molar-refractivity contribution in [2.75, 3.05) is 6.54 Å². The van der Waals surface area contributed by atoms with Gasteiger partial charge in [0.05, 0.1) is 10.7 Å². The molecule has 7 heteroatoms. The first-order valence-electron chi connectivity index (χ1n) is 6.15. The van der Waals surface area contributed by atoms with Gasteiger partial charge in [0.15, 0.2) is 0 Å². The molecule has 0 saturated heterocycles. The number of hydrogen-bond donors (Lipinski definition) is 1. The number of rotatable bonds is 8. The summed E-state index contributed by atoms with van der Waals surface area (Å²) in [6, 6.07) is 5.54. The van der Waals surface area contributed by atoms with Gasteiger partial charge in [-0.3, -0.25) is 10.1 Å². The molecule has 0 radical (unpaired) electrons. The molecule has 0 fully saturated rings. The SMILES string of the molecule is CCCCCNS(=O)(=O)Cc1ccc([N+](=O)[O-])cc1. The van der Waals surface area contributed by atoms with Gasteiger partial charge in [0.1, 0.15) is 0 Å². The third kappa shape index (κ3) is 5.80. The molecule has 0 aromatic heterocycles. The van der Waals surface area contributed by atoms with Crippen LogP contribution in [0.5, 0.6) is 0 Å². The highest BCUT2D eigenvalue weighted by Gasteiger charge is 2.12. The summed E-state index contributed by atoms with van der Waals surface area (Å²) in [7, 11) is -3.37. The number of sulfonamides is 1. The van der Waals surface area contributed by atoms with Gasteiger partial charge in [0.2, 0.25) is 10.0 Å². The van der Waals surface area contributed by atoms with Gasteiger partial charge in [-0.25, -0.2) is 13.1 Å². The number of nitro benzene ring substituents is 1. The number of hydrogen-bond acceptors (Lipinski definition) is 4. The summed E-state index contributed by atoms with van der Waals surface area (Å²) in [6.45, 7) is 2.48. The molecule has 0 heterocycles. The Morgan fingerprint density at radius 2 is 1.84 bits per heavy atom. The van der Waals surface area contributed by atoms with E-state index < -0.39 is 14.9 Å². The van der Waals surface area contributed by atoms with Crippen molar-refractivity contribution in [2.45, 2.75) is 31.9 Å². The molecule has 1 aromatic rings. The highest BCUT2D eigenvalue weighted by molar-refractivity contribution is 7.88. The van der Waals surface area contributed by atoms with E-state index in [1.165, 1.54) is 24.3 Å². The molecule has 19 heavy (non-hydrogen) atoms. The Bertz CT molecular complexity index is 511. The van der Waals surface area contributed by atoms with Crippen LogP contribution in [-0.2, 0) is 15.8 Å².